The average Bonchev–Trinajstić information content (AvgIpc) is 3.02. The van der Waals surface area contributed by atoms with Gasteiger partial charge in [0.05, 0.1) is 19.5 Å². The molecule has 0 spiro atoms. The Kier molecular flexibility index (Phi) is 3.57. The number of anilines is 1. The Labute approximate surface area is 136 Å². The molecule has 4 rings (SSSR count). The number of hydrogen-bond acceptors (Lipinski definition) is 8. The van der Waals surface area contributed by atoms with Crippen LogP contribution in [-0.2, 0) is 18.9 Å². The van der Waals surface area contributed by atoms with Crippen molar-refractivity contribution in [1.29, 1.82) is 0 Å². The molecule has 2 aromatic rings. The second-order valence-electron chi connectivity index (χ2n) is 6.02. The van der Waals surface area contributed by atoms with E-state index in [1.54, 1.807) is 18.8 Å². The molecule has 10 heteroatoms. The van der Waals surface area contributed by atoms with E-state index in [0.717, 1.165) is 0 Å². The van der Waals surface area contributed by atoms with E-state index < -0.39 is 17.4 Å². The summed E-state index contributed by atoms with van der Waals surface area (Å²) in [5.74, 6) is 0.0195. The molecule has 2 aliphatic rings. The van der Waals surface area contributed by atoms with Gasteiger partial charge in [0.15, 0.2) is 17.4 Å². The number of fused-ring (bicyclic) bond motifs is 3. The topological polar surface area (TPSA) is 127 Å². The van der Waals surface area contributed by atoms with Crippen molar-refractivity contribution in [2.75, 3.05) is 33.2 Å². The van der Waals surface area contributed by atoms with Gasteiger partial charge in [0, 0.05) is 20.6 Å². The molecule has 2 bridgehead atoms. The number of methoxy groups -OCH3 is 2. The first kappa shape index (κ1) is 15.5. The van der Waals surface area contributed by atoms with Gasteiger partial charge in [0.25, 0.3) is 5.56 Å². The zero-order valence-corrected chi connectivity index (χ0v) is 13.4. The maximum Gasteiger partial charge on any atom is 0.280 e. The first-order valence-electron chi connectivity index (χ1n) is 7.63. The molecule has 0 aromatic carbocycles. The number of aromatic nitrogens is 4. The molecule has 0 saturated carbocycles. The van der Waals surface area contributed by atoms with E-state index in [1.165, 1.54) is 6.33 Å². The number of nitrogens with one attached hydrogen (secondary N) is 1. The molecule has 4 heterocycles. The molecular formula is C14H19N5O5. The van der Waals surface area contributed by atoms with E-state index in [9.17, 15) is 4.79 Å². The monoisotopic (exact) mass is 337 g/mol. The summed E-state index contributed by atoms with van der Waals surface area (Å²) in [7, 11) is 3.24. The highest BCUT2D eigenvalue weighted by Crippen LogP contribution is 2.46. The SMILES string of the molecule is COC[C@@]12CCOC([C@H](n3cnc4c(=O)[nH]c(N)nc43)O1)[C@H]2OC. The molecule has 10 nitrogen and oxygen atoms in total. The first-order valence-corrected chi connectivity index (χ1v) is 7.63. The molecule has 24 heavy (non-hydrogen) atoms. The van der Waals surface area contributed by atoms with Gasteiger partial charge in [-0.1, -0.05) is 0 Å². The molecule has 130 valence electrons. The van der Waals surface area contributed by atoms with Gasteiger partial charge in [-0.25, -0.2) is 4.98 Å². The number of aromatic amines is 1. The lowest BCUT2D eigenvalue weighted by molar-refractivity contribution is -0.159. The van der Waals surface area contributed by atoms with Crippen molar-refractivity contribution in [1.82, 2.24) is 19.5 Å². The number of ether oxygens (including phenoxy) is 4. The summed E-state index contributed by atoms with van der Waals surface area (Å²) in [4.78, 5) is 22.7. The van der Waals surface area contributed by atoms with Crippen LogP contribution in [0, 0.1) is 0 Å². The molecule has 0 radical (unpaired) electrons. The Morgan fingerprint density at radius 2 is 2.38 bits per heavy atom. The summed E-state index contributed by atoms with van der Waals surface area (Å²) in [6.45, 7) is 0.914. The fourth-order valence-electron chi connectivity index (χ4n) is 3.69. The predicted molar refractivity (Wildman–Crippen MR) is 82.4 cm³/mol. The molecule has 1 unspecified atom stereocenters. The van der Waals surface area contributed by atoms with Gasteiger partial charge in [-0.15, -0.1) is 0 Å². The van der Waals surface area contributed by atoms with Crippen LogP contribution >= 0.6 is 0 Å². The minimum atomic E-state index is -0.611. The number of nitrogen functional groups attached to an aromatic ring is 1. The first-order chi connectivity index (χ1) is 11.6. The molecule has 0 amide bonds. The fourth-order valence-corrected chi connectivity index (χ4v) is 3.69. The molecule has 2 fully saturated rings. The third kappa shape index (κ3) is 2.07. The maximum absolute atomic E-state index is 12.0. The summed E-state index contributed by atoms with van der Waals surface area (Å²) in [5, 5.41) is 0. The largest absolute Gasteiger partial charge is 0.382 e. The molecule has 3 N–H and O–H groups in total. The summed E-state index contributed by atoms with van der Waals surface area (Å²) in [6.07, 6.45) is 0.960. The molecule has 4 atom stereocenters. The Hall–Kier alpha value is -2.01. The van der Waals surface area contributed by atoms with Crippen LogP contribution in [-0.4, -0.2) is 64.8 Å². The van der Waals surface area contributed by atoms with E-state index in [4.69, 9.17) is 24.7 Å². The van der Waals surface area contributed by atoms with Crippen molar-refractivity contribution in [3.63, 3.8) is 0 Å². The molecular weight excluding hydrogens is 318 g/mol. The van der Waals surface area contributed by atoms with Crippen LogP contribution in [0.4, 0.5) is 5.95 Å². The summed E-state index contributed by atoms with van der Waals surface area (Å²) < 4.78 is 24.9. The third-order valence-corrected chi connectivity index (χ3v) is 4.66. The number of H-pyrrole nitrogens is 1. The van der Waals surface area contributed by atoms with Crippen LogP contribution in [0.15, 0.2) is 11.1 Å². The number of hydrogen-bond donors (Lipinski definition) is 2. The summed E-state index contributed by atoms with van der Waals surface area (Å²) in [6, 6.07) is 0. The van der Waals surface area contributed by atoms with Gasteiger partial charge in [0.2, 0.25) is 5.95 Å². The van der Waals surface area contributed by atoms with Crippen molar-refractivity contribution in [3.8, 4) is 0 Å². The zero-order chi connectivity index (χ0) is 16.9. The number of imidazole rings is 1. The molecule has 2 aromatic heterocycles. The average molecular weight is 337 g/mol. The summed E-state index contributed by atoms with van der Waals surface area (Å²) >= 11 is 0. The van der Waals surface area contributed by atoms with Gasteiger partial charge in [-0.05, 0) is 0 Å². The van der Waals surface area contributed by atoms with E-state index in [2.05, 4.69) is 15.0 Å². The van der Waals surface area contributed by atoms with Gasteiger partial charge in [0.1, 0.15) is 17.8 Å². The Balaban J connectivity index is 1.82. The Bertz CT molecular complexity index is 815. The highest BCUT2D eigenvalue weighted by molar-refractivity contribution is 5.70. The van der Waals surface area contributed by atoms with Crippen LogP contribution in [0.5, 0.6) is 0 Å². The molecule has 2 aliphatic heterocycles. The minimum absolute atomic E-state index is 0.0195. The van der Waals surface area contributed by atoms with Crippen molar-refractivity contribution in [2.45, 2.75) is 30.5 Å². The van der Waals surface area contributed by atoms with Crippen LogP contribution in [0.2, 0.25) is 0 Å². The van der Waals surface area contributed by atoms with E-state index in [0.29, 0.717) is 25.3 Å². The van der Waals surface area contributed by atoms with Crippen molar-refractivity contribution >= 4 is 17.1 Å². The highest BCUT2D eigenvalue weighted by Gasteiger charge is 2.59. The zero-order valence-electron chi connectivity index (χ0n) is 13.4. The van der Waals surface area contributed by atoms with Crippen LogP contribution in [0.1, 0.15) is 12.6 Å². The quantitative estimate of drug-likeness (QED) is 0.759. The van der Waals surface area contributed by atoms with Gasteiger partial charge < -0.3 is 24.7 Å². The Morgan fingerprint density at radius 1 is 1.54 bits per heavy atom. The second kappa shape index (κ2) is 5.52. The number of nitrogens with zero attached hydrogens (tertiary/aromatic N) is 3. The smallest absolute Gasteiger partial charge is 0.280 e. The van der Waals surface area contributed by atoms with Gasteiger partial charge in [-0.3, -0.25) is 14.3 Å². The molecule has 0 aliphatic carbocycles. The van der Waals surface area contributed by atoms with Crippen molar-refractivity contribution in [3.05, 3.63) is 16.7 Å². The predicted octanol–water partition coefficient (Wildman–Crippen LogP) is -0.580. The number of nitrogens with two attached hydrogens (primary N) is 1. The van der Waals surface area contributed by atoms with Crippen molar-refractivity contribution < 1.29 is 18.9 Å². The standard InChI is InChI=1S/C14H19N5O5/c1-21-5-14-3-4-23-8(9(14)22-2)12(24-14)19-6-16-7-10(19)17-13(15)18-11(7)20/h6,8-9,12H,3-5H2,1-2H3,(H3,15,17,18,20)/t8?,9-,12-,14-/m1/s1. The molecule has 2 saturated heterocycles. The third-order valence-electron chi connectivity index (χ3n) is 4.66. The van der Waals surface area contributed by atoms with Crippen LogP contribution in [0.25, 0.3) is 11.2 Å². The normalized spacial score (nSPS) is 32.5. The van der Waals surface area contributed by atoms with Crippen molar-refractivity contribution in [2.24, 2.45) is 0 Å². The lowest BCUT2D eigenvalue weighted by Gasteiger charge is -2.37. The minimum Gasteiger partial charge on any atom is -0.382 e. The lowest BCUT2D eigenvalue weighted by atomic mass is 9.90. The Morgan fingerprint density at radius 3 is 3.12 bits per heavy atom. The number of rotatable bonds is 4. The fraction of sp³-hybridized carbons (Fsp3) is 0.643. The lowest BCUT2D eigenvalue weighted by Crippen LogP contribution is -2.52. The van der Waals surface area contributed by atoms with E-state index in [1.807, 2.05) is 0 Å². The van der Waals surface area contributed by atoms with E-state index in [-0.39, 0.29) is 23.7 Å². The summed E-state index contributed by atoms with van der Waals surface area (Å²) in [5.41, 5.74) is 5.20. The van der Waals surface area contributed by atoms with Gasteiger partial charge in [-0.2, -0.15) is 4.98 Å². The second-order valence-corrected chi connectivity index (χ2v) is 6.02. The van der Waals surface area contributed by atoms with Gasteiger partial charge >= 0.3 is 0 Å². The maximum atomic E-state index is 12.0. The van der Waals surface area contributed by atoms with Crippen LogP contribution in [0.3, 0.4) is 0 Å². The highest BCUT2D eigenvalue weighted by atomic mass is 16.6. The van der Waals surface area contributed by atoms with Crippen LogP contribution < -0.4 is 11.3 Å². The van der Waals surface area contributed by atoms with E-state index >= 15 is 0 Å².